The van der Waals surface area contributed by atoms with Crippen LogP contribution in [0.15, 0.2) is 89.9 Å². The lowest BCUT2D eigenvalue weighted by Crippen LogP contribution is -2.24. The summed E-state index contributed by atoms with van der Waals surface area (Å²) < 4.78 is 1.98. The average molecular weight is 368 g/mol. The Hall–Kier alpha value is -3.40. The summed E-state index contributed by atoms with van der Waals surface area (Å²) in [5, 5.41) is 9.47. The standard InChI is InChI=1S/C24H24N4/c1-24(2,3)26-23(25-18-12-6-4-7-13-18)22-20-16-10-11-17-21(20)27-28(22)19-14-8-5-9-15-19/h4-17H,1-3H3,(H,25,26). The summed E-state index contributed by atoms with van der Waals surface area (Å²) in [6, 6.07) is 28.5. The fourth-order valence-electron chi connectivity index (χ4n) is 3.15. The molecule has 0 aliphatic carbocycles. The van der Waals surface area contributed by atoms with Gasteiger partial charge in [-0.1, -0.05) is 54.6 Å². The first-order valence-electron chi connectivity index (χ1n) is 9.47. The van der Waals surface area contributed by atoms with Crippen LogP contribution in [-0.2, 0) is 0 Å². The van der Waals surface area contributed by atoms with E-state index in [0.29, 0.717) is 0 Å². The van der Waals surface area contributed by atoms with Crippen molar-refractivity contribution in [3.05, 3.63) is 90.6 Å². The number of amidine groups is 1. The molecule has 4 nitrogen and oxygen atoms in total. The van der Waals surface area contributed by atoms with Gasteiger partial charge in [-0.3, -0.25) is 4.99 Å². The molecule has 0 aliphatic heterocycles. The SMILES string of the molecule is CC(C)(C)N=C(Nc1ccccc1)c1c2ccccc2nn1-c1ccccc1. The van der Waals surface area contributed by atoms with Gasteiger partial charge >= 0.3 is 0 Å². The Morgan fingerprint density at radius 3 is 2.11 bits per heavy atom. The van der Waals surface area contributed by atoms with Gasteiger partial charge in [-0.05, 0) is 51.1 Å². The van der Waals surface area contributed by atoms with E-state index in [-0.39, 0.29) is 5.54 Å². The number of hydrogen-bond donors (Lipinski definition) is 1. The van der Waals surface area contributed by atoms with E-state index in [1.54, 1.807) is 0 Å². The highest BCUT2D eigenvalue weighted by Gasteiger charge is 2.20. The predicted molar refractivity (Wildman–Crippen MR) is 117 cm³/mol. The van der Waals surface area contributed by atoms with Crippen LogP contribution in [0.4, 0.5) is 5.69 Å². The first-order chi connectivity index (χ1) is 13.5. The third kappa shape index (κ3) is 3.81. The normalized spacial score (nSPS) is 12.3. The fourth-order valence-corrected chi connectivity index (χ4v) is 3.15. The van der Waals surface area contributed by atoms with E-state index in [4.69, 9.17) is 10.1 Å². The van der Waals surface area contributed by atoms with Gasteiger partial charge in [-0.15, -0.1) is 0 Å². The number of benzene rings is 3. The van der Waals surface area contributed by atoms with Crippen molar-refractivity contribution in [2.45, 2.75) is 26.3 Å². The molecule has 0 unspecified atom stereocenters. The van der Waals surface area contributed by atoms with Crippen LogP contribution in [0.1, 0.15) is 26.5 Å². The van der Waals surface area contributed by atoms with Gasteiger partial charge in [-0.2, -0.15) is 5.10 Å². The second-order valence-electron chi connectivity index (χ2n) is 7.74. The molecule has 0 amide bonds. The van der Waals surface area contributed by atoms with Gasteiger partial charge in [0, 0.05) is 11.1 Å². The lowest BCUT2D eigenvalue weighted by Gasteiger charge is -2.19. The first kappa shape index (κ1) is 18.0. The summed E-state index contributed by atoms with van der Waals surface area (Å²) in [5.41, 5.74) is 3.66. The van der Waals surface area contributed by atoms with Gasteiger partial charge in [-0.25, -0.2) is 4.68 Å². The highest BCUT2D eigenvalue weighted by Crippen LogP contribution is 2.25. The fraction of sp³-hybridized carbons (Fsp3) is 0.167. The number of anilines is 1. The van der Waals surface area contributed by atoms with Gasteiger partial charge in [0.2, 0.25) is 0 Å². The minimum atomic E-state index is -0.246. The molecule has 0 aliphatic rings. The molecule has 4 rings (SSSR count). The Labute approximate surface area is 165 Å². The van der Waals surface area contributed by atoms with Crippen molar-refractivity contribution in [3.8, 4) is 5.69 Å². The van der Waals surface area contributed by atoms with E-state index < -0.39 is 0 Å². The largest absolute Gasteiger partial charge is 0.339 e. The molecule has 0 bridgehead atoms. The third-order valence-corrected chi connectivity index (χ3v) is 4.29. The molecule has 0 atom stereocenters. The summed E-state index contributed by atoms with van der Waals surface area (Å²) in [6.45, 7) is 6.31. The van der Waals surface area contributed by atoms with Crippen LogP contribution < -0.4 is 5.32 Å². The number of hydrogen-bond acceptors (Lipinski definition) is 2. The third-order valence-electron chi connectivity index (χ3n) is 4.29. The van der Waals surface area contributed by atoms with Crippen molar-refractivity contribution in [2.24, 2.45) is 4.99 Å². The van der Waals surface area contributed by atoms with Crippen LogP contribution >= 0.6 is 0 Å². The van der Waals surface area contributed by atoms with Crippen LogP contribution in [0.3, 0.4) is 0 Å². The topological polar surface area (TPSA) is 42.2 Å². The first-order valence-corrected chi connectivity index (χ1v) is 9.47. The molecule has 1 heterocycles. The van der Waals surface area contributed by atoms with Crippen molar-refractivity contribution >= 4 is 22.4 Å². The van der Waals surface area contributed by atoms with Gasteiger partial charge in [0.05, 0.1) is 16.7 Å². The number of nitrogens with zero attached hydrogens (tertiary/aromatic N) is 3. The molecule has 140 valence electrons. The molecular weight excluding hydrogens is 344 g/mol. The summed E-state index contributed by atoms with van der Waals surface area (Å²) >= 11 is 0. The minimum absolute atomic E-state index is 0.246. The second-order valence-corrected chi connectivity index (χ2v) is 7.74. The number of aromatic nitrogens is 2. The quantitative estimate of drug-likeness (QED) is 0.373. The molecule has 4 aromatic rings. The minimum Gasteiger partial charge on any atom is -0.339 e. The van der Waals surface area contributed by atoms with Gasteiger partial charge in [0.15, 0.2) is 5.84 Å². The molecule has 0 saturated carbocycles. The lowest BCUT2D eigenvalue weighted by atomic mass is 10.1. The van der Waals surface area contributed by atoms with Crippen LogP contribution in [0.5, 0.6) is 0 Å². The zero-order valence-electron chi connectivity index (χ0n) is 16.4. The van der Waals surface area contributed by atoms with Crippen molar-refractivity contribution in [1.29, 1.82) is 0 Å². The second kappa shape index (κ2) is 7.31. The van der Waals surface area contributed by atoms with Crippen LogP contribution in [0.2, 0.25) is 0 Å². The molecule has 1 N–H and O–H groups in total. The summed E-state index contributed by atoms with van der Waals surface area (Å²) in [4.78, 5) is 5.03. The summed E-state index contributed by atoms with van der Waals surface area (Å²) in [7, 11) is 0. The van der Waals surface area contributed by atoms with Crippen molar-refractivity contribution < 1.29 is 0 Å². The summed E-state index contributed by atoms with van der Waals surface area (Å²) in [5.74, 6) is 0.802. The Bertz CT molecular complexity index is 1100. The zero-order chi connectivity index (χ0) is 19.6. The molecular formula is C24H24N4. The number of para-hydroxylation sites is 2. The van der Waals surface area contributed by atoms with E-state index in [9.17, 15) is 0 Å². The molecule has 0 radical (unpaired) electrons. The number of nitrogens with one attached hydrogen (secondary N) is 1. The van der Waals surface area contributed by atoms with E-state index in [1.807, 2.05) is 71.4 Å². The molecule has 3 aromatic carbocycles. The van der Waals surface area contributed by atoms with E-state index in [2.05, 4.69) is 44.3 Å². The van der Waals surface area contributed by atoms with Gasteiger partial charge < -0.3 is 5.32 Å². The maximum absolute atomic E-state index is 5.03. The van der Waals surface area contributed by atoms with Crippen molar-refractivity contribution in [3.63, 3.8) is 0 Å². The smallest absolute Gasteiger partial charge is 0.153 e. The number of aliphatic imine (C=N–C) groups is 1. The van der Waals surface area contributed by atoms with E-state index >= 15 is 0 Å². The van der Waals surface area contributed by atoms with Gasteiger partial charge in [0.1, 0.15) is 5.69 Å². The van der Waals surface area contributed by atoms with Crippen LogP contribution in [0.25, 0.3) is 16.6 Å². The number of fused-ring (bicyclic) bond motifs is 1. The Morgan fingerprint density at radius 1 is 0.821 bits per heavy atom. The Morgan fingerprint density at radius 2 is 1.43 bits per heavy atom. The highest BCUT2D eigenvalue weighted by atomic mass is 15.3. The molecule has 1 aromatic heterocycles. The molecule has 0 spiro atoms. The maximum atomic E-state index is 5.03. The average Bonchev–Trinajstić information content (AvgIpc) is 3.07. The molecule has 4 heteroatoms. The zero-order valence-corrected chi connectivity index (χ0v) is 16.4. The lowest BCUT2D eigenvalue weighted by molar-refractivity contribution is 0.583. The Balaban J connectivity index is 1.96. The van der Waals surface area contributed by atoms with Crippen LogP contribution in [-0.4, -0.2) is 21.2 Å². The van der Waals surface area contributed by atoms with Crippen molar-refractivity contribution in [2.75, 3.05) is 5.32 Å². The number of rotatable bonds is 3. The predicted octanol–water partition coefficient (Wildman–Crippen LogP) is 5.68. The Kier molecular flexibility index (Phi) is 4.70. The molecule has 0 fully saturated rings. The molecule has 0 saturated heterocycles. The van der Waals surface area contributed by atoms with Crippen molar-refractivity contribution in [1.82, 2.24) is 9.78 Å². The van der Waals surface area contributed by atoms with E-state index in [1.165, 1.54) is 0 Å². The highest BCUT2D eigenvalue weighted by molar-refractivity contribution is 6.15. The summed E-state index contributed by atoms with van der Waals surface area (Å²) in [6.07, 6.45) is 0. The van der Waals surface area contributed by atoms with Gasteiger partial charge in [0.25, 0.3) is 0 Å². The van der Waals surface area contributed by atoms with E-state index in [0.717, 1.165) is 33.8 Å². The van der Waals surface area contributed by atoms with Crippen LogP contribution in [0, 0.1) is 0 Å². The monoisotopic (exact) mass is 368 g/mol. The molecule has 28 heavy (non-hydrogen) atoms. The maximum Gasteiger partial charge on any atom is 0.153 e.